The molecule has 0 aliphatic carbocycles. The van der Waals surface area contributed by atoms with Crippen molar-refractivity contribution in [3.63, 3.8) is 0 Å². The van der Waals surface area contributed by atoms with Gasteiger partial charge < -0.3 is 86.0 Å². The van der Waals surface area contributed by atoms with E-state index in [0.717, 1.165) is 0 Å². The molecule has 0 spiro atoms. The van der Waals surface area contributed by atoms with Gasteiger partial charge in [0.2, 0.25) is 59.1 Å². The molecule has 10 amide bonds. The van der Waals surface area contributed by atoms with Crippen molar-refractivity contribution >= 4 is 71.0 Å². The third-order valence-electron chi connectivity index (χ3n) is 12.0. The van der Waals surface area contributed by atoms with Crippen molar-refractivity contribution in [2.45, 2.75) is 160 Å². The lowest BCUT2D eigenvalue weighted by Crippen LogP contribution is -2.61. The van der Waals surface area contributed by atoms with E-state index in [1.165, 1.54) is 24.3 Å². The SMILES string of the molecule is CC[C@H](C)[C@H](NC(=O)[C@H](CCCN=C(N)N)NC(=O)[C@@H](N)Cc1cnc[nH]1)C(=O)N[C@@H](C)C(=O)N[C@@H](CCC(N)=O)C(=O)N[C@@H](CO)C(=O)N[C@@H](CC(C)C)C(=O)N1CCC[C@H]1C(=O)N[C@@H](CCC(N)=O)C(=O)O. The Hall–Kier alpha value is -7.43. The van der Waals surface area contributed by atoms with Crippen molar-refractivity contribution in [1.82, 2.24) is 52.1 Å². The summed E-state index contributed by atoms with van der Waals surface area (Å²) >= 11 is 0. The molecule has 2 heterocycles. The van der Waals surface area contributed by atoms with Gasteiger partial charge in [-0.15, -0.1) is 0 Å². The molecule has 1 aromatic rings. The van der Waals surface area contributed by atoms with Crippen LogP contribution in [0.15, 0.2) is 17.5 Å². The minimum Gasteiger partial charge on any atom is -0.480 e. The summed E-state index contributed by atoms with van der Waals surface area (Å²) in [4.78, 5) is 156. The van der Waals surface area contributed by atoms with Crippen LogP contribution in [-0.2, 0) is 59.2 Å². The Morgan fingerprint density at radius 2 is 1.31 bits per heavy atom. The summed E-state index contributed by atoms with van der Waals surface area (Å²) in [6.07, 6.45) is 2.69. The molecule has 29 heteroatoms. The number of aliphatic hydroxyl groups is 1. The number of rotatable bonds is 33. The number of hydrogen-bond acceptors (Lipinski definition) is 15. The van der Waals surface area contributed by atoms with E-state index in [1.54, 1.807) is 27.7 Å². The lowest BCUT2D eigenvalue weighted by atomic mass is 9.97. The molecule has 1 aliphatic rings. The molecule has 1 aliphatic heterocycles. The number of nitrogens with one attached hydrogen (secondary N) is 8. The van der Waals surface area contributed by atoms with E-state index >= 15 is 0 Å². The highest BCUT2D eigenvalue weighted by Crippen LogP contribution is 2.21. The van der Waals surface area contributed by atoms with E-state index in [9.17, 15) is 63.0 Å². The lowest BCUT2D eigenvalue weighted by molar-refractivity contribution is -0.145. The average molecular weight is 1050 g/mol. The first-order chi connectivity index (χ1) is 34.8. The largest absolute Gasteiger partial charge is 0.480 e. The number of aliphatic carboxylic acids is 1. The Morgan fingerprint density at radius 3 is 1.86 bits per heavy atom. The average Bonchev–Trinajstić information content (AvgIpc) is 4.05. The number of aromatic nitrogens is 2. The maximum absolute atomic E-state index is 14.0. The number of nitrogens with zero attached hydrogens (tertiary/aromatic N) is 3. The van der Waals surface area contributed by atoms with Gasteiger partial charge >= 0.3 is 5.97 Å². The molecular formula is C45H76N16O13. The molecule has 10 atom stereocenters. The van der Waals surface area contributed by atoms with Crippen molar-refractivity contribution in [2.75, 3.05) is 19.7 Å². The highest BCUT2D eigenvalue weighted by atomic mass is 16.4. The number of carbonyl (C=O) groups is 11. The first kappa shape index (κ1) is 62.7. The monoisotopic (exact) mass is 1050 g/mol. The maximum atomic E-state index is 14.0. The standard InChI is InChI=1S/C45H76N16O13/c1-6-23(4)35(60-39(68)27(9-7-15-52-45(49)50)56-37(66)26(46)18-25-19-51-21-53-25)42(71)54-24(5)36(65)55-28(11-13-33(47)63)38(67)59-31(20-62)40(69)58-30(17-22(2)3)43(72)61-16-8-10-32(61)41(70)57-29(44(73)74)12-14-34(48)64/h19,21-24,26-32,35,62H,6-18,20,46H2,1-5H3,(H2,47,63)(H2,48,64)(H,51,53)(H,54,71)(H,55,65)(H,56,66)(H,57,70)(H,58,69)(H,59,67)(H,60,68)(H,73,74)(H4,49,50,52)/t23-,24-,26-,27-,28-,29-,30-,31-,32-,35-/m0/s1. The second-order valence-electron chi connectivity index (χ2n) is 18.6. The summed E-state index contributed by atoms with van der Waals surface area (Å²) in [6, 6.07) is -12.2. The summed E-state index contributed by atoms with van der Waals surface area (Å²) in [5, 5.41) is 37.3. The number of aliphatic imine (C=N–C) groups is 1. The van der Waals surface area contributed by atoms with Crippen LogP contribution in [0.4, 0.5) is 0 Å². The lowest BCUT2D eigenvalue weighted by Gasteiger charge is -2.31. The van der Waals surface area contributed by atoms with Crippen molar-refractivity contribution in [1.29, 1.82) is 0 Å². The van der Waals surface area contributed by atoms with Gasteiger partial charge in [0.1, 0.15) is 48.3 Å². The van der Waals surface area contributed by atoms with Gasteiger partial charge in [0.25, 0.3) is 0 Å². The van der Waals surface area contributed by atoms with E-state index < -0.39 is 145 Å². The molecule has 0 unspecified atom stereocenters. The quantitative estimate of drug-likeness (QED) is 0.0177. The number of carbonyl (C=O) groups excluding carboxylic acids is 10. The fourth-order valence-corrected chi connectivity index (χ4v) is 7.70. The van der Waals surface area contributed by atoms with Gasteiger partial charge in [-0.2, -0.15) is 0 Å². The number of nitrogens with two attached hydrogens (primary N) is 5. The van der Waals surface area contributed by atoms with Crippen LogP contribution in [0, 0.1) is 11.8 Å². The van der Waals surface area contributed by atoms with Crippen molar-refractivity contribution in [3.8, 4) is 0 Å². The minimum atomic E-state index is -1.73. The highest BCUT2D eigenvalue weighted by Gasteiger charge is 2.40. The number of aliphatic hydroxyl groups excluding tert-OH is 1. The molecule has 0 bridgehead atoms. The number of H-pyrrole nitrogens is 1. The van der Waals surface area contributed by atoms with E-state index in [4.69, 9.17) is 28.7 Å². The van der Waals surface area contributed by atoms with E-state index in [1.807, 2.05) is 0 Å². The molecule has 29 nitrogen and oxygen atoms in total. The normalized spacial score (nSPS) is 16.8. The summed E-state index contributed by atoms with van der Waals surface area (Å²) in [7, 11) is 0. The third kappa shape index (κ3) is 21.3. The van der Waals surface area contributed by atoms with Gasteiger partial charge in [-0.25, -0.2) is 9.78 Å². The zero-order valence-electron chi connectivity index (χ0n) is 42.5. The zero-order chi connectivity index (χ0) is 55.8. The molecule has 0 saturated carbocycles. The minimum absolute atomic E-state index is 0.0280. The topological polar surface area (TPSA) is 487 Å². The number of amides is 10. The van der Waals surface area contributed by atoms with Crippen LogP contribution in [0.1, 0.15) is 105 Å². The molecule has 1 saturated heterocycles. The van der Waals surface area contributed by atoms with Gasteiger partial charge in [0, 0.05) is 44.2 Å². The number of carboxylic acid groups (broad SMARTS) is 1. The van der Waals surface area contributed by atoms with E-state index in [-0.39, 0.29) is 69.9 Å². The number of likely N-dealkylation sites (tertiary alicyclic amines) is 1. The second kappa shape index (κ2) is 31.2. The molecule has 414 valence electrons. The van der Waals surface area contributed by atoms with Gasteiger partial charge in [0.05, 0.1) is 19.0 Å². The van der Waals surface area contributed by atoms with Crippen LogP contribution in [0.2, 0.25) is 0 Å². The summed E-state index contributed by atoms with van der Waals surface area (Å²) in [5.41, 5.74) is 28.1. The van der Waals surface area contributed by atoms with Crippen LogP contribution in [0.25, 0.3) is 0 Å². The number of primary amides is 2. The van der Waals surface area contributed by atoms with Gasteiger partial charge in [-0.3, -0.25) is 52.9 Å². The smallest absolute Gasteiger partial charge is 0.326 e. The number of hydrogen-bond donors (Lipinski definition) is 15. The molecule has 1 fully saturated rings. The van der Waals surface area contributed by atoms with Crippen molar-refractivity contribution in [3.05, 3.63) is 18.2 Å². The predicted molar refractivity (Wildman–Crippen MR) is 265 cm³/mol. The molecule has 0 aromatic carbocycles. The highest BCUT2D eigenvalue weighted by molar-refractivity contribution is 5.98. The Kier molecular flexibility index (Phi) is 26.5. The molecule has 2 rings (SSSR count). The van der Waals surface area contributed by atoms with Crippen LogP contribution < -0.4 is 65.9 Å². The Balaban J connectivity index is 2.24. The summed E-state index contributed by atoms with van der Waals surface area (Å²) in [5.74, 6) is -10.8. The van der Waals surface area contributed by atoms with Crippen LogP contribution in [0.3, 0.4) is 0 Å². The summed E-state index contributed by atoms with van der Waals surface area (Å²) < 4.78 is 0. The van der Waals surface area contributed by atoms with Crippen molar-refractivity contribution in [2.24, 2.45) is 45.5 Å². The van der Waals surface area contributed by atoms with E-state index in [0.29, 0.717) is 18.5 Å². The van der Waals surface area contributed by atoms with Crippen molar-refractivity contribution < 1.29 is 63.0 Å². The number of carboxylic acids is 1. The Morgan fingerprint density at radius 1 is 0.743 bits per heavy atom. The van der Waals surface area contributed by atoms with Crippen LogP contribution >= 0.6 is 0 Å². The fraction of sp³-hybridized carbons (Fsp3) is 0.667. The number of guanidine groups is 1. The molecule has 1 aromatic heterocycles. The second-order valence-corrected chi connectivity index (χ2v) is 18.6. The number of aromatic amines is 1. The Labute approximate surface area is 428 Å². The van der Waals surface area contributed by atoms with E-state index in [2.05, 4.69) is 52.2 Å². The maximum Gasteiger partial charge on any atom is 0.326 e. The zero-order valence-corrected chi connectivity index (χ0v) is 42.5. The molecule has 0 radical (unpaired) electrons. The Bertz CT molecular complexity index is 2140. The van der Waals surface area contributed by atoms with Crippen LogP contribution in [0.5, 0.6) is 0 Å². The first-order valence-electron chi connectivity index (χ1n) is 24.4. The first-order valence-corrected chi connectivity index (χ1v) is 24.4. The third-order valence-corrected chi connectivity index (χ3v) is 12.0. The van der Waals surface area contributed by atoms with Gasteiger partial charge in [-0.05, 0) is 63.7 Å². The van der Waals surface area contributed by atoms with Gasteiger partial charge in [-0.1, -0.05) is 34.1 Å². The molecular weight excluding hydrogens is 973 g/mol. The van der Waals surface area contributed by atoms with Crippen LogP contribution in [-0.4, -0.2) is 170 Å². The van der Waals surface area contributed by atoms with Gasteiger partial charge in [0.15, 0.2) is 5.96 Å². The fourth-order valence-electron chi connectivity index (χ4n) is 7.70. The number of imidazole rings is 1. The molecule has 74 heavy (non-hydrogen) atoms. The molecule has 20 N–H and O–H groups in total. The predicted octanol–water partition coefficient (Wildman–Crippen LogP) is -5.56. The summed E-state index contributed by atoms with van der Waals surface area (Å²) in [6.45, 7) is 7.36.